The summed E-state index contributed by atoms with van der Waals surface area (Å²) in [5.74, 6) is 16.4. The molecule has 19 heavy (non-hydrogen) atoms. The van der Waals surface area contributed by atoms with Gasteiger partial charge in [0.1, 0.15) is 0 Å². The Morgan fingerprint density at radius 3 is 2.58 bits per heavy atom. The van der Waals surface area contributed by atoms with Crippen molar-refractivity contribution in [1.29, 1.82) is 0 Å². The third-order valence-corrected chi connectivity index (χ3v) is 2.77. The molecule has 1 rings (SSSR count). The average molecular weight is 253 g/mol. The third-order valence-electron chi connectivity index (χ3n) is 2.77. The summed E-state index contributed by atoms with van der Waals surface area (Å²) in [6.07, 6.45) is 8.57. The van der Waals surface area contributed by atoms with Gasteiger partial charge in [-0.2, -0.15) is 0 Å². The van der Waals surface area contributed by atoms with Crippen LogP contribution in [0.15, 0.2) is 12.2 Å². The highest BCUT2D eigenvalue weighted by Crippen LogP contribution is 2.09. The number of carbonyl (C=O) groups excluding carboxylic acids is 1. The SMILES string of the molecule is CC#CC#CC#CCCC=CC(=O)N1CCCCC1. The predicted octanol–water partition coefficient (Wildman–Crippen LogP) is 2.37. The molecule has 1 aliphatic rings. The quantitative estimate of drug-likeness (QED) is 0.429. The first kappa shape index (κ1) is 14.9. The predicted molar refractivity (Wildman–Crippen MR) is 77.8 cm³/mol. The molecule has 0 aromatic rings. The lowest BCUT2D eigenvalue weighted by molar-refractivity contribution is -0.126. The molecule has 0 N–H and O–H groups in total. The molecule has 0 spiro atoms. The van der Waals surface area contributed by atoms with Crippen LogP contribution in [-0.2, 0) is 4.79 Å². The normalized spacial score (nSPS) is 13.6. The fraction of sp³-hybridized carbons (Fsp3) is 0.471. The van der Waals surface area contributed by atoms with Gasteiger partial charge >= 0.3 is 0 Å². The molecule has 98 valence electrons. The zero-order valence-electron chi connectivity index (χ0n) is 11.5. The van der Waals surface area contributed by atoms with Crippen LogP contribution in [0.2, 0.25) is 0 Å². The summed E-state index contributed by atoms with van der Waals surface area (Å²) in [6.45, 7) is 3.54. The maximum absolute atomic E-state index is 11.8. The Labute approximate surface area is 116 Å². The summed E-state index contributed by atoms with van der Waals surface area (Å²) in [7, 11) is 0. The first-order valence-electron chi connectivity index (χ1n) is 6.69. The number of likely N-dealkylation sites (tertiary alicyclic amines) is 1. The molecule has 0 saturated carbocycles. The highest BCUT2D eigenvalue weighted by molar-refractivity contribution is 5.87. The molecule has 1 aliphatic heterocycles. The summed E-state index contributed by atoms with van der Waals surface area (Å²) < 4.78 is 0. The first-order chi connectivity index (χ1) is 9.34. The number of rotatable bonds is 3. The van der Waals surface area contributed by atoms with Crippen LogP contribution in [0.5, 0.6) is 0 Å². The number of allylic oxidation sites excluding steroid dienone is 1. The molecule has 1 saturated heterocycles. The van der Waals surface area contributed by atoms with Crippen LogP contribution >= 0.6 is 0 Å². The Morgan fingerprint density at radius 1 is 1.11 bits per heavy atom. The van der Waals surface area contributed by atoms with Crippen molar-refractivity contribution in [1.82, 2.24) is 4.90 Å². The molecule has 0 aromatic carbocycles. The molecule has 2 heteroatoms. The van der Waals surface area contributed by atoms with Crippen LogP contribution in [0.1, 0.15) is 39.0 Å². The zero-order valence-corrected chi connectivity index (χ0v) is 11.5. The van der Waals surface area contributed by atoms with Crippen LogP contribution in [0.4, 0.5) is 0 Å². The molecular weight excluding hydrogens is 234 g/mol. The van der Waals surface area contributed by atoms with Crippen molar-refractivity contribution in [3.8, 4) is 35.5 Å². The van der Waals surface area contributed by atoms with Gasteiger partial charge in [0.15, 0.2) is 0 Å². The molecule has 0 radical (unpaired) electrons. The standard InChI is InChI=1S/C17H19NO/c1-2-3-4-5-6-7-8-9-11-14-17(19)18-15-12-10-13-16-18/h11,14H,8-10,12-13,15-16H2,1H3. The second-order valence-electron chi connectivity index (χ2n) is 4.25. The average Bonchev–Trinajstić information content (AvgIpc) is 2.46. The summed E-state index contributed by atoms with van der Waals surface area (Å²) in [6, 6.07) is 0. The van der Waals surface area contributed by atoms with E-state index < -0.39 is 0 Å². The number of carbonyl (C=O) groups is 1. The van der Waals surface area contributed by atoms with E-state index in [1.54, 1.807) is 13.0 Å². The van der Waals surface area contributed by atoms with Gasteiger partial charge in [-0.3, -0.25) is 4.79 Å². The van der Waals surface area contributed by atoms with Crippen LogP contribution < -0.4 is 0 Å². The minimum absolute atomic E-state index is 0.130. The van der Waals surface area contributed by atoms with Crippen molar-refractivity contribution < 1.29 is 4.79 Å². The lowest BCUT2D eigenvalue weighted by Crippen LogP contribution is -2.34. The van der Waals surface area contributed by atoms with Crippen LogP contribution in [0.25, 0.3) is 0 Å². The zero-order chi connectivity index (χ0) is 13.8. The molecule has 0 unspecified atom stereocenters. The van der Waals surface area contributed by atoms with Crippen molar-refractivity contribution in [2.75, 3.05) is 13.1 Å². The summed E-state index contributed by atoms with van der Waals surface area (Å²) in [5.41, 5.74) is 0. The smallest absolute Gasteiger partial charge is 0.246 e. The van der Waals surface area contributed by atoms with Crippen LogP contribution in [0, 0.1) is 35.5 Å². The molecule has 0 aromatic heterocycles. The minimum atomic E-state index is 0.130. The Hall–Kier alpha value is -2.11. The van der Waals surface area contributed by atoms with Gasteiger partial charge in [-0.25, -0.2) is 0 Å². The maximum atomic E-state index is 11.8. The second-order valence-corrected chi connectivity index (χ2v) is 4.25. The van der Waals surface area contributed by atoms with Crippen molar-refractivity contribution >= 4 is 5.91 Å². The molecular formula is C17H19NO. The van der Waals surface area contributed by atoms with E-state index >= 15 is 0 Å². The van der Waals surface area contributed by atoms with Crippen molar-refractivity contribution in [3.05, 3.63) is 12.2 Å². The van der Waals surface area contributed by atoms with Crippen LogP contribution in [-0.4, -0.2) is 23.9 Å². The van der Waals surface area contributed by atoms with Gasteiger partial charge in [-0.1, -0.05) is 17.9 Å². The van der Waals surface area contributed by atoms with Crippen molar-refractivity contribution in [3.63, 3.8) is 0 Å². The number of hydrogen-bond donors (Lipinski definition) is 0. The molecule has 0 bridgehead atoms. The number of piperidine rings is 1. The van der Waals surface area contributed by atoms with E-state index in [1.807, 2.05) is 11.0 Å². The van der Waals surface area contributed by atoms with Crippen LogP contribution in [0.3, 0.4) is 0 Å². The van der Waals surface area contributed by atoms with Gasteiger partial charge in [-0.05, 0) is 62.4 Å². The number of nitrogens with zero attached hydrogens (tertiary/aromatic N) is 1. The number of unbranched alkanes of at least 4 members (excludes halogenated alkanes) is 1. The van der Waals surface area contributed by atoms with E-state index in [-0.39, 0.29) is 5.91 Å². The maximum Gasteiger partial charge on any atom is 0.246 e. The highest BCUT2D eigenvalue weighted by Gasteiger charge is 2.13. The van der Waals surface area contributed by atoms with E-state index in [0.717, 1.165) is 38.8 Å². The molecule has 0 atom stereocenters. The fourth-order valence-electron chi connectivity index (χ4n) is 1.79. The molecule has 1 amide bonds. The lowest BCUT2D eigenvalue weighted by Gasteiger charge is -2.25. The summed E-state index contributed by atoms with van der Waals surface area (Å²) in [4.78, 5) is 13.7. The number of amides is 1. The monoisotopic (exact) mass is 253 g/mol. The van der Waals surface area contributed by atoms with Gasteiger partial charge in [0.2, 0.25) is 5.91 Å². The van der Waals surface area contributed by atoms with Gasteiger partial charge < -0.3 is 4.90 Å². The van der Waals surface area contributed by atoms with Gasteiger partial charge in [0.05, 0.1) is 0 Å². The Kier molecular flexibility index (Phi) is 7.77. The highest BCUT2D eigenvalue weighted by atomic mass is 16.2. The van der Waals surface area contributed by atoms with Crippen molar-refractivity contribution in [2.45, 2.75) is 39.0 Å². The second kappa shape index (κ2) is 9.87. The van der Waals surface area contributed by atoms with E-state index in [4.69, 9.17) is 0 Å². The summed E-state index contributed by atoms with van der Waals surface area (Å²) in [5, 5.41) is 0. The van der Waals surface area contributed by atoms with E-state index in [2.05, 4.69) is 35.5 Å². The van der Waals surface area contributed by atoms with Gasteiger partial charge in [0.25, 0.3) is 0 Å². The molecule has 0 aliphatic carbocycles. The molecule has 1 fully saturated rings. The Balaban J connectivity index is 2.20. The number of hydrogen-bond acceptors (Lipinski definition) is 1. The molecule has 2 nitrogen and oxygen atoms in total. The first-order valence-corrected chi connectivity index (χ1v) is 6.69. The lowest BCUT2D eigenvalue weighted by atomic mass is 10.1. The van der Waals surface area contributed by atoms with Gasteiger partial charge in [0, 0.05) is 19.5 Å². The Morgan fingerprint density at radius 2 is 1.84 bits per heavy atom. The molecule has 1 heterocycles. The summed E-state index contributed by atoms with van der Waals surface area (Å²) >= 11 is 0. The van der Waals surface area contributed by atoms with E-state index in [1.165, 1.54) is 6.42 Å². The van der Waals surface area contributed by atoms with Crippen molar-refractivity contribution in [2.24, 2.45) is 0 Å². The largest absolute Gasteiger partial charge is 0.339 e. The van der Waals surface area contributed by atoms with E-state index in [0.29, 0.717) is 0 Å². The topological polar surface area (TPSA) is 20.3 Å². The minimum Gasteiger partial charge on any atom is -0.339 e. The Bertz CT molecular complexity index is 491. The fourth-order valence-corrected chi connectivity index (χ4v) is 1.79. The van der Waals surface area contributed by atoms with E-state index in [9.17, 15) is 4.79 Å². The van der Waals surface area contributed by atoms with Gasteiger partial charge in [-0.15, -0.1) is 0 Å². The third kappa shape index (κ3) is 7.03.